The van der Waals surface area contributed by atoms with Gasteiger partial charge < -0.3 is 9.30 Å². The molecule has 0 aliphatic carbocycles. The summed E-state index contributed by atoms with van der Waals surface area (Å²) in [5, 5.41) is 0. The minimum absolute atomic E-state index is 0.00165. The molecule has 0 spiro atoms. The van der Waals surface area contributed by atoms with Crippen LogP contribution in [0.15, 0.2) is 71.5 Å². The van der Waals surface area contributed by atoms with Crippen LogP contribution in [0, 0.1) is 0 Å². The molecular formula is C23H25NO2. The Bertz CT molecular complexity index is 930. The molecule has 0 saturated carbocycles. The van der Waals surface area contributed by atoms with E-state index in [0.717, 1.165) is 22.6 Å². The van der Waals surface area contributed by atoms with Crippen LogP contribution in [0.5, 0.6) is 5.75 Å². The molecular weight excluding hydrogens is 322 g/mol. The molecule has 0 N–H and O–H groups in total. The summed E-state index contributed by atoms with van der Waals surface area (Å²) in [4.78, 5) is 12.5. The number of aromatic nitrogens is 1. The summed E-state index contributed by atoms with van der Waals surface area (Å²) in [6, 6.07) is 21.7. The Labute approximate surface area is 154 Å². The highest BCUT2D eigenvalue weighted by Gasteiger charge is 2.13. The number of hydrogen-bond acceptors (Lipinski definition) is 2. The van der Waals surface area contributed by atoms with E-state index >= 15 is 0 Å². The molecule has 26 heavy (non-hydrogen) atoms. The number of benzene rings is 2. The maximum Gasteiger partial charge on any atom is 0.251 e. The van der Waals surface area contributed by atoms with Gasteiger partial charge in [-0.25, -0.2) is 0 Å². The van der Waals surface area contributed by atoms with E-state index in [4.69, 9.17) is 4.74 Å². The van der Waals surface area contributed by atoms with Crippen LogP contribution in [0.2, 0.25) is 0 Å². The number of rotatable bonds is 4. The number of pyridine rings is 1. The van der Waals surface area contributed by atoms with Crippen LogP contribution < -0.4 is 10.3 Å². The van der Waals surface area contributed by atoms with Crippen molar-refractivity contribution in [3.05, 3.63) is 88.2 Å². The highest BCUT2D eigenvalue weighted by atomic mass is 16.5. The Morgan fingerprint density at radius 1 is 0.885 bits per heavy atom. The van der Waals surface area contributed by atoms with Crippen molar-refractivity contribution < 1.29 is 4.74 Å². The fraction of sp³-hybridized carbons (Fsp3) is 0.261. The normalized spacial score (nSPS) is 11.4. The third-order valence-corrected chi connectivity index (χ3v) is 4.60. The lowest BCUT2D eigenvalue weighted by Gasteiger charge is -2.19. The molecule has 0 amide bonds. The average molecular weight is 347 g/mol. The first kappa shape index (κ1) is 18.0. The molecule has 0 fully saturated rings. The van der Waals surface area contributed by atoms with Crippen LogP contribution in [0.1, 0.15) is 31.9 Å². The first-order valence-corrected chi connectivity index (χ1v) is 8.82. The van der Waals surface area contributed by atoms with Gasteiger partial charge in [0.1, 0.15) is 5.75 Å². The minimum Gasteiger partial charge on any atom is -0.497 e. The highest BCUT2D eigenvalue weighted by Crippen LogP contribution is 2.24. The third-order valence-electron chi connectivity index (χ3n) is 4.60. The van der Waals surface area contributed by atoms with E-state index in [-0.39, 0.29) is 11.0 Å². The van der Waals surface area contributed by atoms with Gasteiger partial charge in [0.15, 0.2) is 0 Å². The number of nitrogens with zero attached hydrogens (tertiary/aromatic N) is 1. The van der Waals surface area contributed by atoms with Gasteiger partial charge in [0, 0.05) is 6.07 Å². The standard InChI is InChI=1S/C23H25NO2/c1-23(2,3)19-12-8-17(9-13-19)16-24-21(6-5-7-22(24)25)18-10-14-20(26-4)15-11-18/h5-15H,16H2,1-4H3. The molecule has 0 radical (unpaired) electrons. The molecule has 3 aromatic rings. The quantitative estimate of drug-likeness (QED) is 0.674. The van der Waals surface area contributed by atoms with Crippen molar-refractivity contribution in [3.8, 4) is 17.0 Å². The lowest BCUT2D eigenvalue weighted by Crippen LogP contribution is -2.21. The van der Waals surface area contributed by atoms with Gasteiger partial charge in [0.05, 0.1) is 19.3 Å². The van der Waals surface area contributed by atoms with Gasteiger partial charge >= 0.3 is 0 Å². The molecule has 0 aliphatic rings. The second-order valence-corrected chi connectivity index (χ2v) is 7.51. The monoisotopic (exact) mass is 347 g/mol. The molecule has 134 valence electrons. The van der Waals surface area contributed by atoms with Crippen LogP contribution in [0.25, 0.3) is 11.3 Å². The summed E-state index contributed by atoms with van der Waals surface area (Å²) < 4.78 is 7.04. The maximum absolute atomic E-state index is 12.5. The Morgan fingerprint density at radius 3 is 2.12 bits per heavy atom. The van der Waals surface area contributed by atoms with Crippen molar-refractivity contribution in [1.82, 2.24) is 4.57 Å². The maximum atomic E-state index is 12.5. The van der Waals surface area contributed by atoms with Crippen molar-refractivity contribution in [2.75, 3.05) is 7.11 Å². The van der Waals surface area contributed by atoms with Crippen LogP contribution in [0.4, 0.5) is 0 Å². The van der Waals surface area contributed by atoms with E-state index in [1.807, 2.05) is 34.9 Å². The van der Waals surface area contributed by atoms with Gasteiger partial charge in [-0.1, -0.05) is 51.1 Å². The van der Waals surface area contributed by atoms with Crippen molar-refractivity contribution in [2.24, 2.45) is 0 Å². The molecule has 0 bridgehead atoms. The molecule has 3 nitrogen and oxygen atoms in total. The largest absolute Gasteiger partial charge is 0.497 e. The lowest BCUT2D eigenvalue weighted by molar-refractivity contribution is 0.415. The van der Waals surface area contributed by atoms with Gasteiger partial charge in [-0.05, 0) is 52.4 Å². The Balaban J connectivity index is 1.96. The van der Waals surface area contributed by atoms with Gasteiger partial charge in [-0.3, -0.25) is 4.79 Å². The number of ether oxygens (including phenoxy) is 1. The zero-order valence-corrected chi connectivity index (χ0v) is 15.8. The zero-order chi connectivity index (χ0) is 18.7. The summed E-state index contributed by atoms with van der Waals surface area (Å²) in [7, 11) is 1.65. The third kappa shape index (κ3) is 3.88. The Hall–Kier alpha value is -2.81. The van der Waals surface area contributed by atoms with E-state index in [1.54, 1.807) is 19.2 Å². The van der Waals surface area contributed by atoms with Crippen molar-refractivity contribution in [1.29, 1.82) is 0 Å². The van der Waals surface area contributed by atoms with Crippen LogP contribution in [-0.2, 0) is 12.0 Å². The predicted molar refractivity (Wildman–Crippen MR) is 107 cm³/mol. The molecule has 3 rings (SSSR count). The molecule has 0 atom stereocenters. The fourth-order valence-corrected chi connectivity index (χ4v) is 2.99. The van der Waals surface area contributed by atoms with E-state index in [0.29, 0.717) is 6.54 Å². The molecule has 1 aromatic heterocycles. The molecule has 0 aliphatic heterocycles. The minimum atomic E-state index is -0.00165. The van der Waals surface area contributed by atoms with Crippen LogP contribution in [-0.4, -0.2) is 11.7 Å². The molecule has 0 saturated heterocycles. The van der Waals surface area contributed by atoms with Crippen LogP contribution in [0.3, 0.4) is 0 Å². The Kier molecular flexibility index (Phi) is 4.99. The smallest absolute Gasteiger partial charge is 0.251 e. The molecule has 2 aromatic carbocycles. The summed E-state index contributed by atoms with van der Waals surface area (Å²) in [5.74, 6) is 0.802. The van der Waals surface area contributed by atoms with Crippen molar-refractivity contribution in [2.45, 2.75) is 32.7 Å². The molecule has 3 heteroatoms. The lowest BCUT2D eigenvalue weighted by atomic mass is 9.87. The topological polar surface area (TPSA) is 31.2 Å². The van der Waals surface area contributed by atoms with E-state index < -0.39 is 0 Å². The number of hydrogen-bond donors (Lipinski definition) is 0. The second-order valence-electron chi connectivity index (χ2n) is 7.51. The van der Waals surface area contributed by atoms with Gasteiger partial charge in [0.25, 0.3) is 5.56 Å². The number of methoxy groups -OCH3 is 1. The van der Waals surface area contributed by atoms with Gasteiger partial charge in [-0.15, -0.1) is 0 Å². The second kappa shape index (κ2) is 7.20. The SMILES string of the molecule is COc1ccc(-c2cccc(=O)n2Cc2ccc(C(C)(C)C)cc2)cc1. The van der Waals surface area contributed by atoms with E-state index in [1.165, 1.54) is 5.56 Å². The zero-order valence-electron chi connectivity index (χ0n) is 15.8. The molecule has 0 unspecified atom stereocenters. The van der Waals surface area contributed by atoms with Gasteiger partial charge in [0.2, 0.25) is 0 Å². The highest BCUT2D eigenvalue weighted by molar-refractivity contribution is 5.60. The van der Waals surface area contributed by atoms with E-state index in [2.05, 4.69) is 45.0 Å². The summed E-state index contributed by atoms with van der Waals surface area (Å²) in [6.45, 7) is 7.15. The first-order valence-electron chi connectivity index (χ1n) is 8.82. The summed E-state index contributed by atoms with van der Waals surface area (Å²) in [6.07, 6.45) is 0. The fourth-order valence-electron chi connectivity index (χ4n) is 2.99. The van der Waals surface area contributed by atoms with Crippen LogP contribution >= 0.6 is 0 Å². The molecule has 1 heterocycles. The Morgan fingerprint density at radius 2 is 1.54 bits per heavy atom. The van der Waals surface area contributed by atoms with Gasteiger partial charge in [-0.2, -0.15) is 0 Å². The summed E-state index contributed by atoms with van der Waals surface area (Å²) in [5.41, 5.74) is 4.42. The first-order chi connectivity index (χ1) is 12.4. The average Bonchev–Trinajstić information content (AvgIpc) is 2.63. The van der Waals surface area contributed by atoms with Crippen molar-refractivity contribution in [3.63, 3.8) is 0 Å². The summed E-state index contributed by atoms with van der Waals surface area (Å²) >= 11 is 0. The van der Waals surface area contributed by atoms with Crippen molar-refractivity contribution >= 4 is 0 Å². The van der Waals surface area contributed by atoms with E-state index in [9.17, 15) is 4.79 Å². The predicted octanol–water partition coefficient (Wildman–Crippen LogP) is 4.87.